The molecule has 1 atom stereocenters. The van der Waals surface area contributed by atoms with E-state index in [9.17, 15) is 0 Å². The van der Waals surface area contributed by atoms with Gasteiger partial charge in [0.15, 0.2) is 7.28 Å². The molecule has 0 saturated heterocycles. The molecule has 3 heteroatoms. The summed E-state index contributed by atoms with van der Waals surface area (Å²) in [5, 5.41) is 0. The van der Waals surface area contributed by atoms with Crippen LogP contribution in [-0.4, -0.2) is 7.28 Å². The summed E-state index contributed by atoms with van der Waals surface area (Å²) in [5.41, 5.74) is 25.4. The maximum absolute atomic E-state index is 2.72. The van der Waals surface area contributed by atoms with E-state index < -0.39 is 0 Å². The zero-order valence-corrected chi connectivity index (χ0v) is 46.7. The van der Waals surface area contributed by atoms with Crippen LogP contribution in [0.5, 0.6) is 0 Å². The van der Waals surface area contributed by atoms with Crippen LogP contribution in [0.25, 0.3) is 22.3 Å². The summed E-state index contributed by atoms with van der Waals surface area (Å²) in [6.45, 7) is 33.5. The van der Waals surface area contributed by atoms with Crippen LogP contribution in [0.3, 0.4) is 0 Å². The van der Waals surface area contributed by atoms with Gasteiger partial charge in [-0.1, -0.05) is 218 Å². The minimum absolute atomic E-state index is 0.000470. The molecule has 2 bridgehead atoms. The number of anilines is 6. The third kappa shape index (κ3) is 8.44. The predicted molar refractivity (Wildman–Crippen MR) is 319 cm³/mol. The third-order valence-electron chi connectivity index (χ3n) is 17.4. The van der Waals surface area contributed by atoms with Gasteiger partial charge in [-0.15, -0.1) is 0 Å². The molecule has 0 N–H and O–H groups in total. The molecule has 1 unspecified atom stereocenters. The highest BCUT2D eigenvalue weighted by Crippen LogP contribution is 2.57. The molecule has 8 aromatic rings. The molecule has 0 amide bonds. The Labute approximate surface area is 445 Å². The van der Waals surface area contributed by atoms with Crippen molar-refractivity contribution < 1.29 is 0 Å². The minimum atomic E-state index is -0.248. The quantitative estimate of drug-likeness (QED) is 0.147. The highest BCUT2D eigenvalue weighted by Gasteiger charge is 2.44. The second kappa shape index (κ2) is 17.8. The lowest BCUT2D eigenvalue weighted by Gasteiger charge is -2.44. The lowest BCUT2D eigenvalue weighted by molar-refractivity contribution is 0.331. The second-order valence-electron chi connectivity index (χ2n) is 26.1. The maximum Gasteiger partial charge on any atom is 0.172 e. The number of benzene rings is 8. The van der Waals surface area contributed by atoms with Crippen LogP contribution in [0.15, 0.2) is 170 Å². The molecule has 0 aromatic heterocycles. The summed E-state index contributed by atoms with van der Waals surface area (Å²) in [7, 11) is 2.67. The summed E-state index contributed by atoms with van der Waals surface area (Å²) in [4.78, 5) is 5.34. The highest BCUT2D eigenvalue weighted by atomic mass is 15.2. The molecule has 0 fully saturated rings. The maximum atomic E-state index is 2.72. The molecule has 0 spiro atoms. The Morgan fingerprint density at radius 2 is 0.973 bits per heavy atom. The Bertz CT molecular complexity index is 3430. The van der Waals surface area contributed by atoms with Gasteiger partial charge in [0.05, 0.1) is 5.69 Å². The van der Waals surface area contributed by atoms with Crippen molar-refractivity contribution in [3.8, 4) is 22.3 Å². The van der Waals surface area contributed by atoms with E-state index in [1.54, 1.807) is 0 Å². The fourth-order valence-electron chi connectivity index (χ4n) is 12.4. The van der Waals surface area contributed by atoms with Crippen LogP contribution in [-0.2, 0) is 27.1 Å². The molecule has 11 rings (SSSR count). The normalized spacial score (nSPS) is 16.7. The SMILES string of the molecule is CC(C)c1cc2c3c(c1)N(c1ccc(C(C)(C)C)cc1-c1ccccc1-c1ccccc1)c1cc4c(cc1C([B]3)c1cc(C(C)(C)c3ccccc3)ccc1N2c1ccc(C(C)(C)C)cc1)C(C)(C)CCC4(C)C. The summed E-state index contributed by atoms with van der Waals surface area (Å²) in [6.07, 6.45) is 2.28. The monoisotopic (exact) mass is 968 g/mol. The topological polar surface area (TPSA) is 6.48 Å². The van der Waals surface area contributed by atoms with E-state index in [2.05, 4.69) is 284 Å². The average molecular weight is 968 g/mol. The van der Waals surface area contributed by atoms with Gasteiger partial charge in [0.2, 0.25) is 0 Å². The van der Waals surface area contributed by atoms with E-state index in [1.807, 2.05) is 0 Å². The second-order valence-corrected chi connectivity index (χ2v) is 26.1. The van der Waals surface area contributed by atoms with E-state index >= 15 is 0 Å². The van der Waals surface area contributed by atoms with Gasteiger partial charge in [0.1, 0.15) is 0 Å². The first-order valence-corrected chi connectivity index (χ1v) is 27.4. The van der Waals surface area contributed by atoms with Crippen molar-refractivity contribution in [3.63, 3.8) is 0 Å². The lowest BCUT2D eigenvalue weighted by Crippen LogP contribution is -2.34. The zero-order valence-electron chi connectivity index (χ0n) is 46.7. The van der Waals surface area contributed by atoms with E-state index in [0.717, 1.165) is 12.8 Å². The van der Waals surface area contributed by atoms with Gasteiger partial charge in [0, 0.05) is 39.4 Å². The third-order valence-corrected chi connectivity index (χ3v) is 17.4. The van der Waals surface area contributed by atoms with E-state index in [-0.39, 0.29) is 38.8 Å². The summed E-state index contributed by atoms with van der Waals surface area (Å²) in [6, 6.07) is 65.9. The van der Waals surface area contributed by atoms with Crippen molar-refractivity contribution in [1.29, 1.82) is 0 Å². The number of fused-ring (bicyclic) bond motifs is 6. The number of hydrogen-bond acceptors (Lipinski definition) is 2. The van der Waals surface area contributed by atoms with Gasteiger partial charge < -0.3 is 9.80 Å². The fraction of sp³-hybridized carbons (Fsp3) is 0.324. The average Bonchev–Trinajstić information content (AvgIpc) is 3.63. The van der Waals surface area contributed by atoms with Gasteiger partial charge in [-0.05, 0) is 167 Å². The van der Waals surface area contributed by atoms with Gasteiger partial charge in [0.25, 0.3) is 0 Å². The zero-order chi connectivity index (χ0) is 52.3. The highest BCUT2D eigenvalue weighted by molar-refractivity contribution is 6.61. The van der Waals surface area contributed by atoms with Crippen molar-refractivity contribution in [1.82, 2.24) is 0 Å². The van der Waals surface area contributed by atoms with Crippen LogP contribution in [0.4, 0.5) is 34.1 Å². The molecule has 74 heavy (non-hydrogen) atoms. The molecular weight excluding hydrogens is 892 g/mol. The summed E-state index contributed by atoms with van der Waals surface area (Å²) in [5.74, 6) is 0.196. The number of nitrogens with zero attached hydrogens (tertiary/aromatic N) is 2. The lowest BCUT2D eigenvalue weighted by atomic mass is 9.53. The molecule has 2 heterocycles. The molecule has 2 nitrogen and oxygen atoms in total. The molecule has 373 valence electrons. The van der Waals surface area contributed by atoms with Gasteiger partial charge in [-0.2, -0.15) is 0 Å². The van der Waals surface area contributed by atoms with E-state index in [4.69, 9.17) is 0 Å². The first kappa shape index (κ1) is 49.6. The van der Waals surface area contributed by atoms with E-state index in [1.165, 1.54) is 112 Å². The fourth-order valence-corrected chi connectivity index (χ4v) is 12.4. The molecule has 2 aliphatic heterocycles. The van der Waals surface area contributed by atoms with E-state index in [0.29, 0.717) is 0 Å². The van der Waals surface area contributed by atoms with Gasteiger partial charge >= 0.3 is 0 Å². The number of hydrogen-bond donors (Lipinski definition) is 0. The molecule has 1 aliphatic carbocycles. The van der Waals surface area contributed by atoms with Crippen molar-refractivity contribution in [2.24, 2.45) is 0 Å². The Morgan fingerprint density at radius 3 is 1.59 bits per heavy atom. The molecule has 8 aromatic carbocycles. The van der Waals surface area contributed by atoms with Gasteiger partial charge in [-0.3, -0.25) is 0 Å². The van der Waals surface area contributed by atoms with Crippen molar-refractivity contribution in [2.45, 2.75) is 149 Å². The van der Waals surface area contributed by atoms with Crippen molar-refractivity contribution in [2.75, 3.05) is 9.80 Å². The minimum Gasteiger partial charge on any atom is -0.311 e. The Hall–Kier alpha value is -6.58. The smallest absolute Gasteiger partial charge is 0.172 e. The predicted octanol–water partition coefficient (Wildman–Crippen LogP) is 19.1. The van der Waals surface area contributed by atoms with Crippen LogP contribution < -0.4 is 15.3 Å². The standard InChI is InChI=1S/C71H76BN2/c1-45(2)47-39-63-66-64(40-47)74(60-35-31-50(68(6,7)8)41-55(60)54-28-22-21-27-53(54)46-23-17-15-18-24-46)62-44-59-58(69(9,10)37-38-70(59,11)12)43-57(62)65(72-66)56-42-51(71(13,14)49-25-19-16-20-26-49)32-36-61(56)73(63)52-33-29-48(30-34-52)67(3,4)5/h15-36,39-45,65H,37-38H2,1-14H3. The Kier molecular flexibility index (Phi) is 11.9. The van der Waals surface area contributed by atoms with Crippen molar-refractivity contribution in [3.05, 3.63) is 220 Å². The first-order valence-electron chi connectivity index (χ1n) is 27.4. The van der Waals surface area contributed by atoms with Crippen LogP contribution >= 0.6 is 0 Å². The van der Waals surface area contributed by atoms with Crippen LogP contribution in [0.2, 0.25) is 0 Å². The Morgan fingerprint density at radius 1 is 0.446 bits per heavy atom. The van der Waals surface area contributed by atoms with Crippen LogP contribution in [0, 0.1) is 0 Å². The molecular formula is C71H76BN2. The largest absolute Gasteiger partial charge is 0.311 e. The molecule has 1 radical (unpaired) electrons. The van der Waals surface area contributed by atoms with Crippen molar-refractivity contribution >= 4 is 46.9 Å². The first-order chi connectivity index (χ1) is 35.0. The Balaban J connectivity index is 1.30. The van der Waals surface area contributed by atoms with Gasteiger partial charge in [-0.25, -0.2) is 0 Å². The summed E-state index contributed by atoms with van der Waals surface area (Å²) >= 11 is 0. The van der Waals surface area contributed by atoms with Crippen LogP contribution in [0.1, 0.15) is 172 Å². The molecule has 0 saturated carbocycles. The number of rotatable bonds is 7. The summed E-state index contributed by atoms with van der Waals surface area (Å²) < 4.78 is 0. The molecule has 3 aliphatic rings.